The quantitative estimate of drug-likeness (QED) is 0.760. The fourth-order valence-electron chi connectivity index (χ4n) is 2.18. The summed E-state index contributed by atoms with van der Waals surface area (Å²) in [6.45, 7) is 5.16. The normalized spacial score (nSPS) is 18.5. The molecule has 1 unspecified atom stereocenters. The topological polar surface area (TPSA) is 76.0 Å². The number of aryl methyl sites for hydroxylation is 1. The number of nitrogens with two attached hydrogens (primary N) is 1. The lowest BCUT2D eigenvalue weighted by atomic mass is 9.86. The minimum absolute atomic E-state index is 0.00188. The minimum Gasteiger partial charge on any atom is -0.401 e. The van der Waals surface area contributed by atoms with Crippen LogP contribution in [0.15, 0.2) is 10.5 Å². The molecule has 0 aliphatic heterocycles. The van der Waals surface area contributed by atoms with Crippen molar-refractivity contribution in [2.75, 3.05) is 0 Å². The monoisotopic (exact) mass is 232 g/mol. The molecule has 0 saturated carbocycles. The van der Waals surface area contributed by atoms with Gasteiger partial charge in [0.25, 0.3) is 0 Å². The molecule has 4 heteroatoms. The Kier molecular flexibility index (Phi) is 2.65. The predicted molar refractivity (Wildman–Crippen MR) is 66.6 cm³/mol. The van der Waals surface area contributed by atoms with E-state index in [-0.39, 0.29) is 17.1 Å². The second-order valence-corrected chi connectivity index (χ2v) is 4.61. The molecule has 4 nitrogen and oxygen atoms in total. The zero-order chi connectivity index (χ0) is 12.7. The summed E-state index contributed by atoms with van der Waals surface area (Å²) in [7, 11) is 0. The molecule has 1 aliphatic rings. The zero-order valence-corrected chi connectivity index (χ0v) is 10.3. The average molecular weight is 232 g/mol. The summed E-state index contributed by atoms with van der Waals surface area (Å²) in [5.74, 6) is -0.354. The third-order valence-electron chi connectivity index (χ3n) is 3.44. The Morgan fingerprint density at radius 2 is 2.12 bits per heavy atom. The molecular weight excluding hydrogens is 216 g/mol. The van der Waals surface area contributed by atoms with Crippen LogP contribution >= 0.6 is 0 Å². The van der Waals surface area contributed by atoms with E-state index in [1.54, 1.807) is 13.0 Å². The van der Waals surface area contributed by atoms with Gasteiger partial charge >= 0.3 is 0 Å². The highest BCUT2D eigenvalue weighted by molar-refractivity contribution is 5.84. The summed E-state index contributed by atoms with van der Waals surface area (Å²) in [6.07, 6.45) is 2.11. The number of pyridine rings is 1. The number of hydrogen-bond donors (Lipinski definition) is 2. The highest BCUT2D eigenvalue weighted by Crippen LogP contribution is 2.24. The van der Waals surface area contributed by atoms with Gasteiger partial charge in [0, 0.05) is 28.2 Å². The van der Waals surface area contributed by atoms with Crippen LogP contribution < -0.4 is 11.2 Å². The van der Waals surface area contributed by atoms with E-state index in [1.165, 1.54) is 6.92 Å². The van der Waals surface area contributed by atoms with Crippen LogP contribution in [0.3, 0.4) is 0 Å². The van der Waals surface area contributed by atoms with Crippen LogP contribution in [0.5, 0.6) is 0 Å². The Morgan fingerprint density at radius 1 is 1.47 bits per heavy atom. The molecule has 17 heavy (non-hydrogen) atoms. The summed E-state index contributed by atoms with van der Waals surface area (Å²) >= 11 is 0. The second-order valence-electron chi connectivity index (χ2n) is 4.61. The van der Waals surface area contributed by atoms with E-state index in [0.717, 1.165) is 11.4 Å². The number of fused-ring (bicyclic) bond motifs is 1. The number of hydrogen-bond acceptors (Lipinski definition) is 3. The Balaban J connectivity index is 2.64. The van der Waals surface area contributed by atoms with E-state index in [9.17, 15) is 9.59 Å². The molecule has 1 aromatic heterocycles. The third-order valence-corrected chi connectivity index (χ3v) is 3.44. The number of nitrogens with one attached hydrogen (secondary N) is 1. The highest BCUT2D eigenvalue weighted by atomic mass is 16.1. The number of H-pyrrole nitrogens is 1. The molecule has 0 bridgehead atoms. The van der Waals surface area contributed by atoms with Gasteiger partial charge in [-0.2, -0.15) is 0 Å². The molecule has 0 spiro atoms. The van der Waals surface area contributed by atoms with Crippen molar-refractivity contribution in [3.05, 3.63) is 38.4 Å². The molecule has 0 amide bonds. The Morgan fingerprint density at radius 3 is 2.71 bits per heavy atom. The van der Waals surface area contributed by atoms with E-state index in [2.05, 4.69) is 4.98 Å². The van der Waals surface area contributed by atoms with Crippen molar-refractivity contribution >= 4 is 11.9 Å². The minimum atomic E-state index is -0.356. The number of carbonyl (C=O) groups is 1. The molecular formula is C13H16N2O2. The number of rotatable bonds is 1. The Hall–Kier alpha value is -1.84. The number of aromatic amines is 1. The molecule has 2 rings (SSSR count). The number of ketones is 1. The van der Waals surface area contributed by atoms with Gasteiger partial charge in [-0.25, -0.2) is 0 Å². The van der Waals surface area contributed by atoms with Crippen LogP contribution in [0.1, 0.15) is 29.4 Å². The molecule has 1 atom stereocenters. The van der Waals surface area contributed by atoms with Crippen LogP contribution in [0, 0.1) is 19.8 Å². The number of allylic oxidation sites excluding steroid dienone is 1. The van der Waals surface area contributed by atoms with Gasteiger partial charge in [0.2, 0.25) is 0 Å². The first-order valence-corrected chi connectivity index (χ1v) is 5.61. The van der Waals surface area contributed by atoms with E-state index in [0.29, 0.717) is 23.2 Å². The van der Waals surface area contributed by atoms with Gasteiger partial charge in [0.1, 0.15) is 5.78 Å². The van der Waals surface area contributed by atoms with Gasteiger partial charge in [-0.3, -0.25) is 9.59 Å². The lowest BCUT2D eigenvalue weighted by Crippen LogP contribution is -2.30. The summed E-state index contributed by atoms with van der Waals surface area (Å²) < 4.78 is 0. The lowest BCUT2D eigenvalue weighted by molar-refractivity contribution is -0.119. The van der Waals surface area contributed by atoms with E-state index >= 15 is 0 Å². The molecule has 0 saturated heterocycles. The van der Waals surface area contributed by atoms with Gasteiger partial charge < -0.3 is 10.7 Å². The van der Waals surface area contributed by atoms with Crippen molar-refractivity contribution < 1.29 is 4.79 Å². The van der Waals surface area contributed by atoms with Gasteiger partial charge in [-0.1, -0.05) is 0 Å². The van der Waals surface area contributed by atoms with Gasteiger partial charge in [-0.15, -0.1) is 0 Å². The fraction of sp³-hybridized carbons (Fsp3) is 0.385. The first-order valence-electron chi connectivity index (χ1n) is 5.61. The maximum absolute atomic E-state index is 12.1. The third kappa shape index (κ3) is 1.79. The number of carbonyl (C=O) groups excluding carboxylic acids is 1. The first kappa shape index (κ1) is 11.6. The van der Waals surface area contributed by atoms with E-state index in [4.69, 9.17) is 5.73 Å². The second kappa shape index (κ2) is 3.87. The Bertz CT molecular complexity index is 582. The van der Waals surface area contributed by atoms with Crippen molar-refractivity contribution in [1.29, 1.82) is 0 Å². The highest BCUT2D eigenvalue weighted by Gasteiger charge is 2.26. The van der Waals surface area contributed by atoms with Crippen molar-refractivity contribution in [3.63, 3.8) is 0 Å². The first-order chi connectivity index (χ1) is 7.91. The van der Waals surface area contributed by atoms with Gasteiger partial charge in [0.05, 0.1) is 5.92 Å². The average Bonchev–Trinajstić information content (AvgIpc) is 2.25. The molecule has 0 fully saturated rings. The molecule has 1 heterocycles. The van der Waals surface area contributed by atoms with E-state index < -0.39 is 0 Å². The van der Waals surface area contributed by atoms with Crippen molar-refractivity contribution in [2.45, 2.75) is 27.2 Å². The Labute approximate surface area is 99.5 Å². The maximum atomic E-state index is 12.1. The summed E-state index contributed by atoms with van der Waals surface area (Å²) in [5, 5.41) is 0. The van der Waals surface area contributed by atoms with Crippen molar-refractivity contribution in [2.24, 2.45) is 11.7 Å². The van der Waals surface area contributed by atoms with Gasteiger partial charge in [0.15, 0.2) is 5.43 Å². The maximum Gasteiger partial charge on any atom is 0.188 e. The molecule has 0 radical (unpaired) electrons. The van der Waals surface area contributed by atoms with Crippen LogP contribution in [0.2, 0.25) is 0 Å². The SMILES string of the molecule is CC(=O)C1Cc2c([nH]c(C)c(C)c2=O)C=C1N. The van der Waals surface area contributed by atoms with Crippen molar-refractivity contribution in [1.82, 2.24) is 4.98 Å². The van der Waals surface area contributed by atoms with Crippen LogP contribution in [-0.4, -0.2) is 10.8 Å². The van der Waals surface area contributed by atoms with Crippen LogP contribution in [0.25, 0.3) is 6.08 Å². The fourth-order valence-corrected chi connectivity index (χ4v) is 2.18. The largest absolute Gasteiger partial charge is 0.401 e. The molecule has 3 N–H and O–H groups in total. The lowest BCUT2D eigenvalue weighted by Gasteiger charge is -2.21. The molecule has 0 aromatic carbocycles. The zero-order valence-electron chi connectivity index (χ0n) is 10.3. The van der Waals surface area contributed by atoms with Crippen molar-refractivity contribution in [3.8, 4) is 0 Å². The van der Waals surface area contributed by atoms with E-state index in [1.807, 2.05) is 6.92 Å². The smallest absolute Gasteiger partial charge is 0.188 e. The summed E-state index contributed by atoms with van der Waals surface area (Å²) in [6, 6.07) is 0. The number of Topliss-reactive ketones (excluding diaryl/α,β-unsaturated/α-hetero) is 1. The standard InChI is InChI=1S/C13H16N2O2/c1-6-7(2)15-12-5-11(14)9(8(3)16)4-10(12)13(6)17/h5,9H,4,14H2,1-3H3,(H,15,17). The summed E-state index contributed by atoms with van der Waals surface area (Å²) in [4.78, 5) is 26.7. The predicted octanol–water partition coefficient (Wildman–Crippen LogP) is 1.05. The molecule has 1 aliphatic carbocycles. The van der Waals surface area contributed by atoms with Crippen LogP contribution in [-0.2, 0) is 11.2 Å². The molecule has 90 valence electrons. The van der Waals surface area contributed by atoms with Gasteiger partial charge in [-0.05, 0) is 33.3 Å². The van der Waals surface area contributed by atoms with Crippen LogP contribution in [0.4, 0.5) is 0 Å². The molecule has 1 aromatic rings. The summed E-state index contributed by atoms with van der Waals surface area (Å²) in [5.41, 5.74) is 9.37. The number of aromatic nitrogens is 1.